The van der Waals surface area contributed by atoms with Crippen LogP contribution < -0.4 is 5.73 Å². The summed E-state index contributed by atoms with van der Waals surface area (Å²) in [5.74, 6) is -0.407. The van der Waals surface area contributed by atoms with Crippen LogP contribution in [0.1, 0.15) is 43.7 Å². The van der Waals surface area contributed by atoms with E-state index in [0.717, 1.165) is 25.7 Å². The van der Waals surface area contributed by atoms with Crippen LogP contribution in [0.4, 0.5) is 4.39 Å². The van der Waals surface area contributed by atoms with Crippen molar-refractivity contribution in [2.75, 3.05) is 0 Å². The second kappa shape index (κ2) is 6.40. The summed E-state index contributed by atoms with van der Waals surface area (Å²) >= 11 is 11.9. The Bertz CT molecular complexity index is 449. The lowest BCUT2D eigenvalue weighted by atomic mass is 9.81. The Morgan fingerprint density at radius 2 is 1.84 bits per heavy atom. The van der Waals surface area contributed by atoms with Gasteiger partial charge in [0.1, 0.15) is 5.82 Å². The van der Waals surface area contributed by atoms with E-state index in [0.29, 0.717) is 0 Å². The molecule has 0 aromatic heterocycles. The van der Waals surface area contributed by atoms with Crippen LogP contribution in [0.2, 0.25) is 10.0 Å². The maximum absolute atomic E-state index is 13.9. The van der Waals surface area contributed by atoms with Gasteiger partial charge in [-0.1, -0.05) is 42.5 Å². The molecule has 106 valence electrons. The molecule has 0 unspecified atom stereocenters. The molecule has 0 radical (unpaired) electrons. The van der Waals surface area contributed by atoms with Crippen molar-refractivity contribution in [1.82, 2.24) is 0 Å². The highest BCUT2D eigenvalue weighted by atomic mass is 35.5. The van der Waals surface area contributed by atoms with Gasteiger partial charge in [0.2, 0.25) is 0 Å². The fourth-order valence-electron chi connectivity index (χ4n) is 2.79. The molecule has 19 heavy (non-hydrogen) atoms. The molecule has 2 rings (SSSR count). The lowest BCUT2D eigenvalue weighted by molar-refractivity contribution is 0.0608. The van der Waals surface area contributed by atoms with Crippen LogP contribution in [0.3, 0.4) is 0 Å². The van der Waals surface area contributed by atoms with E-state index in [1.54, 1.807) is 0 Å². The zero-order chi connectivity index (χ0) is 14.0. The van der Waals surface area contributed by atoms with Gasteiger partial charge in [-0.2, -0.15) is 0 Å². The SMILES string of the molecule is N[C@H](c1c(F)ccc(Cl)c1Cl)[C@@H](O)C1CCCCC1. The number of hydrogen-bond donors (Lipinski definition) is 2. The van der Waals surface area contributed by atoms with Crippen molar-refractivity contribution in [3.05, 3.63) is 33.6 Å². The van der Waals surface area contributed by atoms with Gasteiger partial charge in [0.15, 0.2) is 0 Å². The lowest BCUT2D eigenvalue weighted by Gasteiger charge is -2.31. The van der Waals surface area contributed by atoms with Crippen molar-refractivity contribution in [1.29, 1.82) is 0 Å². The predicted molar refractivity (Wildman–Crippen MR) is 75.9 cm³/mol. The smallest absolute Gasteiger partial charge is 0.129 e. The van der Waals surface area contributed by atoms with Crippen LogP contribution in [0, 0.1) is 11.7 Å². The third-order valence-corrected chi connectivity index (χ3v) is 4.73. The summed E-state index contributed by atoms with van der Waals surface area (Å²) in [5.41, 5.74) is 6.12. The zero-order valence-corrected chi connectivity index (χ0v) is 12.1. The van der Waals surface area contributed by atoms with Crippen LogP contribution in [0.15, 0.2) is 12.1 Å². The largest absolute Gasteiger partial charge is 0.391 e. The number of halogens is 3. The summed E-state index contributed by atoms with van der Waals surface area (Å²) < 4.78 is 13.9. The minimum atomic E-state index is -0.839. The van der Waals surface area contributed by atoms with Crippen LogP contribution in [0.5, 0.6) is 0 Å². The third kappa shape index (κ3) is 3.22. The van der Waals surface area contributed by atoms with Gasteiger partial charge in [0, 0.05) is 5.56 Å². The minimum Gasteiger partial charge on any atom is -0.391 e. The first-order valence-corrected chi connectivity index (χ1v) is 7.35. The Hall–Kier alpha value is -0.350. The molecule has 0 spiro atoms. The molecule has 0 aliphatic heterocycles. The fourth-order valence-corrected chi connectivity index (χ4v) is 3.23. The van der Waals surface area contributed by atoms with Crippen LogP contribution in [-0.4, -0.2) is 11.2 Å². The van der Waals surface area contributed by atoms with Crippen molar-refractivity contribution in [3.63, 3.8) is 0 Å². The normalized spacial score (nSPS) is 20.3. The van der Waals surface area contributed by atoms with Crippen molar-refractivity contribution < 1.29 is 9.50 Å². The summed E-state index contributed by atoms with van der Waals surface area (Å²) in [7, 11) is 0. The second-order valence-corrected chi connectivity index (χ2v) is 5.96. The van der Waals surface area contributed by atoms with E-state index in [4.69, 9.17) is 28.9 Å². The van der Waals surface area contributed by atoms with Crippen LogP contribution >= 0.6 is 23.2 Å². The van der Waals surface area contributed by atoms with E-state index in [1.165, 1.54) is 18.6 Å². The van der Waals surface area contributed by atoms with Gasteiger partial charge in [-0.25, -0.2) is 4.39 Å². The van der Waals surface area contributed by atoms with Gasteiger partial charge in [-0.15, -0.1) is 0 Å². The fraction of sp³-hybridized carbons (Fsp3) is 0.571. The van der Waals surface area contributed by atoms with Gasteiger partial charge in [0.25, 0.3) is 0 Å². The standard InChI is InChI=1S/C14H18Cl2FNO/c15-9-6-7-10(17)11(12(9)16)13(18)14(19)8-4-2-1-3-5-8/h6-8,13-14,19H,1-5,18H2/t13-,14+/m1/s1. The van der Waals surface area contributed by atoms with E-state index in [2.05, 4.69) is 0 Å². The average molecular weight is 306 g/mol. The molecule has 0 bridgehead atoms. The molecular weight excluding hydrogens is 288 g/mol. The number of hydrogen-bond acceptors (Lipinski definition) is 2. The quantitative estimate of drug-likeness (QED) is 0.827. The molecule has 1 aromatic carbocycles. The lowest BCUT2D eigenvalue weighted by Crippen LogP contribution is -2.35. The molecular formula is C14H18Cl2FNO. The molecule has 1 fully saturated rings. The molecule has 0 heterocycles. The van der Waals surface area contributed by atoms with Gasteiger partial charge in [-0.05, 0) is 30.9 Å². The monoisotopic (exact) mass is 305 g/mol. The minimum absolute atomic E-state index is 0.101. The van der Waals surface area contributed by atoms with Gasteiger partial charge in [-0.3, -0.25) is 0 Å². The molecule has 0 amide bonds. The second-order valence-electron chi connectivity index (χ2n) is 5.17. The maximum Gasteiger partial charge on any atom is 0.129 e. The van der Waals surface area contributed by atoms with Gasteiger partial charge in [0.05, 0.1) is 22.2 Å². The van der Waals surface area contributed by atoms with Crippen molar-refractivity contribution in [2.45, 2.75) is 44.2 Å². The Morgan fingerprint density at radius 3 is 2.47 bits per heavy atom. The van der Waals surface area contributed by atoms with Crippen LogP contribution in [0.25, 0.3) is 0 Å². The molecule has 2 nitrogen and oxygen atoms in total. The topological polar surface area (TPSA) is 46.2 Å². The van der Waals surface area contributed by atoms with E-state index in [-0.39, 0.29) is 21.5 Å². The highest BCUT2D eigenvalue weighted by Crippen LogP contribution is 2.37. The molecule has 2 atom stereocenters. The molecule has 3 N–H and O–H groups in total. The van der Waals surface area contributed by atoms with Crippen molar-refractivity contribution in [3.8, 4) is 0 Å². The molecule has 1 aliphatic rings. The summed E-state index contributed by atoms with van der Waals surface area (Å²) in [6.07, 6.45) is 4.42. The molecule has 1 saturated carbocycles. The molecule has 1 aliphatic carbocycles. The summed E-state index contributed by atoms with van der Waals surface area (Å²) in [5, 5.41) is 10.7. The number of nitrogens with two attached hydrogens (primary N) is 1. The summed E-state index contributed by atoms with van der Waals surface area (Å²) in [4.78, 5) is 0. The number of benzene rings is 1. The first kappa shape index (κ1) is 15.0. The predicted octanol–water partition coefficient (Wildman–Crippen LogP) is 4.07. The van der Waals surface area contributed by atoms with Gasteiger partial charge >= 0.3 is 0 Å². The Labute approximate surface area is 122 Å². The molecule has 5 heteroatoms. The molecule has 0 saturated heterocycles. The molecule has 1 aromatic rings. The van der Waals surface area contributed by atoms with Crippen LogP contribution in [-0.2, 0) is 0 Å². The average Bonchev–Trinajstić information content (AvgIpc) is 2.43. The Balaban J connectivity index is 2.23. The van der Waals surface area contributed by atoms with E-state index >= 15 is 0 Å². The third-order valence-electron chi connectivity index (χ3n) is 3.91. The van der Waals surface area contributed by atoms with Crippen molar-refractivity contribution in [2.24, 2.45) is 11.7 Å². The Kier molecular flexibility index (Phi) is 5.07. The summed E-state index contributed by atoms with van der Waals surface area (Å²) in [6, 6.07) is 1.79. The number of aliphatic hydroxyl groups excluding tert-OH is 1. The first-order chi connectivity index (χ1) is 9.02. The van der Waals surface area contributed by atoms with E-state index in [1.807, 2.05) is 0 Å². The van der Waals surface area contributed by atoms with E-state index in [9.17, 15) is 9.50 Å². The summed E-state index contributed by atoms with van der Waals surface area (Å²) in [6.45, 7) is 0. The first-order valence-electron chi connectivity index (χ1n) is 6.59. The van der Waals surface area contributed by atoms with Crippen molar-refractivity contribution >= 4 is 23.2 Å². The highest BCUT2D eigenvalue weighted by molar-refractivity contribution is 6.42. The highest BCUT2D eigenvalue weighted by Gasteiger charge is 2.30. The number of aliphatic hydroxyl groups is 1. The maximum atomic E-state index is 13.9. The zero-order valence-electron chi connectivity index (χ0n) is 10.6. The van der Waals surface area contributed by atoms with Gasteiger partial charge < -0.3 is 10.8 Å². The Morgan fingerprint density at radius 1 is 1.21 bits per heavy atom. The number of rotatable bonds is 3. The van der Waals surface area contributed by atoms with E-state index < -0.39 is 18.0 Å².